The molecule has 2 rings (SSSR count). The van der Waals surface area contributed by atoms with Crippen molar-refractivity contribution >= 4 is 11.5 Å². The Morgan fingerprint density at radius 1 is 1.16 bits per heavy atom. The molecule has 0 aliphatic heterocycles. The first-order valence-corrected chi connectivity index (χ1v) is 4.85. The highest BCUT2D eigenvalue weighted by molar-refractivity contribution is 6.06. The quantitative estimate of drug-likeness (QED) is 0.635. The zero-order valence-electron chi connectivity index (χ0n) is 8.91. The van der Waals surface area contributed by atoms with Gasteiger partial charge in [0.2, 0.25) is 0 Å². The van der Waals surface area contributed by atoms with Crippen LogP contribution in [0, 0.1) is 17.5 Å². The fourth-order valence-electron chi connectivity index (χ4n) is 1.80. The lowest BCUT2D eigenvalue weighted by Gasteiger charge is -2.05. The Bertz CT molecular complexity index is 615. The van der Waals surface area contributed by atoms with Gasteiger partial charge in [-0.1, -0.05) is 0 Å². The third-order valence-electron chi connectivity index (χ3n) is 2.69. The third kappa shape index (κ3) is 1.96. The van der Waals surface area contributed by atoms with Gasteiger partial charge in [-0.15, -0.1) is 0 Å². The van der Waals surface area contributed by atoms with Crippen LogP contribution in [0.2, 0.25) is 0 Å². The first-order valence-electron chi connectivity index (χ1n) is 4.85. The summed E-state index contributed by atoms with van der Waals surface area (Å²) >= 11 is 0. The van der Waals surface area contributed by atoms with Crippen LogP contribution in [0.5, 0.6) is 0 Å². The van der Waals surface area contributed by atoms with Crippen LogP contribution in [0.3, 0.4) is 0 Å². The van der Waals surface area contributed by atoms with Gasteiger partial charge >= 0.3 is 6.18 Å². The smallest absolute Gasteiger partial charge is 0.454 e. The number of aliphatic hydroxyl groups excluding tert-OH is 1. The van der Waals surface area contributed by atoms with Crippen LogP contribution in [0.4, 0.5) is 26.3 Å². The molecule has 0 heterocycles. The Labute approximate surface area is 102 Å². The highest BCUT2D eigenvalue weighted by Gasteiger charge is 2.44. The fourth-order valence-corrected chi connectivity index (χ4v) is 1.80. The van der Waals surface area contributed by atoms with Crippen LogP contribution in [0.25, 0.3) is 5.76 Å². The Kier molecular flexibility index (Phi) is 2.83. The number of ketones is 1. The molecule has 0 fully saturated rings. The van der Waals surface area contributed by atoms with Crippen molar-refractivity contribution in [3.8, 4) is 0 Å². The Hall–Kier alpha value is -1.99. The van der Waals surface area contributed by atoms with E-state index in [1.807, 2.05) is 0 Å². The van der Waals surface area contributed by atoms with Gasteiger partial charge in [0.25, 0.3) is 5.78 Å². The number of Topliss-reactive ketones (excluding diaryl/α,β-unsaturated/α-hetero) is 1. The van der Waals surface area contributed by atoms with Gasteiger partial charge in [-0.3, -0.25) is 4.79 Å². The SMILES string of the molecule is O=C(C1=C(O)c2cc(F)c(F)c(F)c2C1)C(F)(F)F. The van der Waals surface area contributed by atoms with Gasteiger partial charge < -0.3 is 5.11 Å². The van der Waals surface area contributed by atoms with Gasteiger partial charge in [-0.05, 0) is 6.07 Å². The lowest BCUT2D eigenvalue weighted by molar-refractivity contribution is -0.166. The predicted molar refractivity (Wildman–Crippen MR) is 50.6 cm³/mol. The second kappa shape index (κ2) is 4.01. The van der Waals surface area contributed by atoms with E-state index in [1.165, 1.54) is 0 Å². The Balaban J connectivity index is 2.56. The molecule has 0 unspecified atom stereocenters. The molecule has 1 aliphatic rings. The predicted octanol–water partition coefficient (Wildman–Crippen LogP) is 3.06. The Morgan fingerprint density at radius 3 is 2.26 bits per heavy atom. The second-order valence-electron chi connectivity index (χ2n) is 3.84. The highest BCUT2D eigenvalue weighted by Crippen LogP contribution is 2.37. The number of alkyl halides is 3. The van der Waals surface area contributed by atoms with Crippen LogP contribution in [-0.4, -0.2) is 17.1 Å². The number of hydrogen-bond donors (Lipinski definition) is 1. The first kappa shape index (κ1) is 13.4. The number of carbonyl (C=O) groups excluding carboxylic acids is 1. The number of halogens is 6. The van der Waals surface area contributed by atoms with E-state index >= 15 is 0 Å². The molecule has 102 valence electrons. The number of allylic oxidation sites excluding steroid dienone is 1. The van der Waals surface area contributed by atoms with Crippen LogP contribution in [0.1, 0.15) is 11.1 Å². The highest BCUT2D eigenvalue weighted by atomic mass is 19.4. The summed E-state index contributed by atoms with van der Waals surface area (Å²) < 4.78 is 75.8. The fraction of sp³-hybridized carbons (Fsp3) is 0.182. The van der Waals surface area contributed by atoms with E-state index in [9.17, 15) is 36.2 Å². The average molecular weight is 282 g/mol. The largest absolute Gasteiger partial charge is 0.507 e. The minimum atomic E-state index is -5.26. The summed E-state index contributed by atoms with van der Waals surface area (Å²) in [7, 11) is 0. The number of benzene rings is 1. The molecule has 0 bridgehead atoms. The van der Waals surface area contributed by atoms with Crippen molar-refractivity contribution in [2.45, 2.75) is 12.6 Å². The maximum absolute atomic E-state index is 13.3. The normalized spacial score (nSPS) is 14.8. The summed E-state index contributed by atoms with van der Waals surface area (Å²) in [6.07, 6.45) is -6.21. The molecule has 1 aromatic carbocycles. The van der Waals surface area contributed by atoms with E-state index in [0.717, 1.165) is 0 Å². The van der Waals surface area contributed by atoms with Crippen LogP contribution >= 0.6 is 0 Å². The molecule has 0 spiro atoms. The Morgan fingerprint density at radius 2 is 1.74 bits per heavy atom. The summed E-state index contributed by atoms with van der Waals surface area (Å²) in [5.41, 5.74) is -2.46. The molecule has 1 aliphatic carbocycles. The van der Waals surface area contributed by atoms with Crippen molar-refractivity contribution in [3.63, 3.8) is 0 Å². The number of rotatable bonds is 1. The van der Waals surface area contributed by atoms with Gasteiger partial charge in [0.1, 0.15) is 5.76 Å². The van der Waals surface area contributed by atoms with Crippen molar-refractivity contribution in [1.82, 2.24) is 0 Å². The molecule has 1 N–H and O–H groups in total. The lowest BCUT2D eigenvalue weighted by Crippen LogP contribution is -2.25. The van der Waals surface area contributed by atoms with Crippen molar-refractivity contribution < 1.29 is 36.2 Å². The van der Waals surface area contributed by atoms with Crippen molar-refractivity contribution in [2.24, 2.45) is 0 Å². The molecule has 19 heavy (non-hydrogen) atoms. The van der Waals surface area contributed by atoms with Gasteiger partial charge in [-0.2, -0.15) is 13.2 Å². The molecule has 0 saturated carbocycles. The van der Waals surface area contributed by atoms with Crippen LogP contribution in [0.15, 0.2) is 11.6 Å². The van der Waals surface area contributed by atoms with Gasteiger partial charge in [0.05, 0.1) is 5.57 Å². The van der Waals surface area contributed by atoms with Crippen LogP contribution < -0.4 is 0 Å². The third-order valence-corrected chi connectivity index (χ3v) is 2.69. The topological polar surface area (TPSA) is 37.3 Å². The van der Waals surface area contributed by atoms with Crippen molar-refractivity contribution in [2.75, 3.05) is 0 Å². The summed E-state index contributed by atoms with van der Waals surface area (Å²) in [5.74, 6) is -8.81. The molecule has 0 amide bonds. The molecule has 8 heteroatoms. The van der Waals surface area contributed by atoms with E-state index in [2.05, 4.69) is 0 Å². The minimum Gasteiger partial charge on any atom is -0.507 e. The zero-order chi connectivity index (χ0) is 14.5. The summed E-state index contributed by atoms with van der Waals surface area (Å²) in [4.78, 5) is 11.0. The summed E-state index contributed by atoms with van der Waals surface area (Å²) in [6, 6.07) is 0.347. The molecule has 0 saturated heterocycles. The zero-order valence-corrected chi connectivity index (χ0v) is 8.91. The van der Waals surface area contributed by atoms with E-state index < -0.39 is 58.3 Å². The second-order valence-corrected chi connectivity index (χ2v) is 3.84. The monoisotopic (exact) mass is 282 g/mol. The number of hydrogen-bond acceptors (Lipinski definition) is 2. The molecular weight excluding hydrogens is 278 g/mol. The lowest BCUT2D eigenvalue weighted by atomic mass is 10.1. The molecule has 2 nitrogen and oxygen atoms in total. The maximum atomic E-state index is 13.3. The maximum Gasteiger partial charge on any atom is 0.454 e. The van der Waals surface area contributed by atoms with Gasteiger partial charge in [0, 0.05) is 17.5 Å². The van der Waals surface area contributed by atoms with E-state index in [-0.39, 0.29) is 0 Å². The number of fused-ring (bicyclic) bond motifs is 1. The molecule has 0 atom stereocenters. The number of carbonyl (C=O) groups is 1. The standard InChI is InChI=1S/C11H4F6O2/c12-6-2-4-3(7(13)8(6)14)1-5(9(4)18)10(19)11(15,16)17/h2,18H,1H2. The first-order chi connectivity index (χ1) is 8.64. The summed E-state index contributed by atoms with van der Waals surface area (Å²) in [5, 5.41) is 9.42. The summed E-state index contributed by atoms with van der Waals surface area (Å²) in [6.45, 7) is 0. The van der Waals surface area contributed by atoms with Crippen molar-refractivity contribution in [1.29, 1.82) is 0 Å². The number of aliphatic hydroxyl groups is 1. The van der Waals surface area contributed by atoms with Gasteiger partial charge in [0.15, 0.2) is 17.5 Å². The molecule has 0 aromatic heterocycles. The molecule has 0 radical (unpaired) electrons. The van der Waals surface area contributed by atoms with E-state index in [0.29, 0.717) is 6.07 Å². The van der Waals surface area contributed by atoms with Gasteiger partial charge in [-0.25, -0.2) is 13.2 Å². The average Bonchev–Trinajstić information content (AvgIpc) is 2.62. The van der Waals surface area contributed by atoms with E-state index in [4.69, 9.17) is 0 Å². The molecular formula is C11H4F6O2. The van der Waals surface area contributed by atoms with Crippen molar-refractivity contribution in [3.05, 3.63) is 40.2 Å². The molecule has 1 aromatic rings. The van der Waals surface area contributed by atoms with Crippen LogP contribution in [-0.2, 0) is 11.2 Å². The minimum absolute atomic E-state index is 0.347. The van der Waals surface area contributed by atoms with E-state index in [1.54, 1.807) is 0 Å².